The lowest BCUT2D eigenvalue weighted by Crippen LogP contribution is -2.13. The van der Waals surface area contributed by atoms with Crippen molar-refractivity contribution in [2.24, 2.45) is 0 Å². The third-order valence-electron chi connectivity index (χ3n) is 3.10. The van der Waals surface area contributed by atoms with Crippen LogP contribution in [0.2, 0.25) is 0 Å². The SMILES string of the molecule is CNc1c(C)cc(C(C)(C)C)cc1C(C)C. The van der Waals surface area contributed by atoms with Crippen molar-refractivity contribution < 1.29 is 0 Å². The largest absolute Gasteiger partial charge is 0.388 e. The number of aryl methyl sites for hydroxylation is 1. The zero-order valence-electron chi connectivity index (χ0n) is 11.7. The van der Waals surface area contributed by atoms with Gasteiger partial charge in [0.1, 0.15) is 0 Å². The first kappa shape index (κ1) is 13.1. The molecule has 0 spiro atoms. The van der Waals surface area contributed by atoms with Crippen LogP contribution in [0.1, 0.15) is 57.2 Å². The maximum absolute atomic E-state index is 3.32. The van der Waals surface area contributed by atoms with Gasteiger partial charge in [-0.05, 0) is 34.9 Å². The predicted octanol–water partition coefficient (Wildman–Crippen LogP) is 4.46. The van der Waals surface area contributed by atoms with E-state index in [2.05, 4.69) is 59.0 Å². The van der Waals surface area contributed by atoms with Crippen LogP contribution in [0.5, 0.6) is 0 Å². The molecule has 0 saturated carbocycles. The van der Waals surface area contributed by atoms with E-state index in [0.717, 1.165) is 0 Å². The van der Waals surface area contributed by atoms with Crippen molar-refractivity contribution in [3.63, 3.8) is 0 Å². The van der Waals surface area contributed by atoms with Crippen LogP contribution >= 0.6 is 0 Å². The Hall–Kier alpha value is -0.980. The Bertz CT molecular complexity index is 370. The molecule has 0 aliphatic rings. The maximum atomic E-state index is 3.32. The molecule has 0 heterocycles. The molecule has 0 radical (unpaired) electrons. The van der Waals surface area contributed by atoms with Gasteiger partial charge in [-0.15, -0.1) is 0 Å². The van der Waals surface area contributed by atoms with Gasteiger partial charge in [-0.3, -0.25) is 0 Å². The van der Waals surface area contributed by atoms with Gasteiger partial charge >= 0.3 is 0 Å². The van der Waals surface area contributed by atoms with Crippen LogP contribution in [0.15, 0.2) is 12.1 Å². The molecule has 0 aliphatic carbocycles. The van der Waals surface area contributed by atoms with E-state index >= 15 is 0 Å². The topological polar surface area (TPSA) is 12.0 Å². The number of rotatable bonds is 2. The fourth-order valence-corrected chi connectivity index (χ4v) is 2.04. The number of anilines is 1. The third kappa shape index (κ3) is 2.58. The highest BCUT2D eigenvalue weighted by atomic mass is 14.8. The van der Waals surface area contributed by atoms with Crippen molar-refractivity contribution in [1.82, 2.24) is 0 Å². The summed E-state index contributed by atoms with van der Waals surface area (Å²) in [7, 11) is 2.00. The first-order chi connectivity index (χ1) is 7.27. The zero-order chi connectivity index (χ0) is 12.5. The summed E-state index contributed by atoms with van der Waals surface area (Å²) < 4.78 is 0. The monoisotopic (exact) mass is 219 g/mol. The van der Waals surface area contributed by atoms with Crippen LogP contribution in [0, 0.1) is 6.92 Å². The summed E-state index contributed by atoms with van der Waals surface area (Å²) in [5.41, 5.74) is 5.71. The second kappa shape index (κ2) is 4.48. The van der Waals surface area contributed by atoms with Crippen molar-refractivity contribution in [3.05, 3.63) is 28.8 Å². The molecule has 0 bridgehead atoms. The van der Waals surface area contributed by atoms with Crippen LogP contribution in [0.25, 0.3) is 0 Å². The summed E-state index contributed by atoms with van der Waals surface area (Å²) >= 11 is 0. The van der Waals surface area contributed by atoms with Crippen molar-refractivity contribution >= 4 is 5.69 Å². The fourth-order valence-electron chi connectivity index (χ4n) is 2.04. The van der Waals surface area contributed by atoms with E-state index in [0.29, 0.717) is 5.92 Å². The van der Waals surface area contributed by atoms with E-state index in [1.165, 1.54) is 22.4 Å². The van der Waals surface area contributed by atoms with E-state index in [1.54, 1.807) is 0 Å². The van der Waals surface area contributed by atoms with Crippen molar-refractivity contribution in [2.75, 3.05) is 12.4 Å². The molecule has 1 nitrogen and oxygen atoms in total. The lowest BCUT2D eigenvalue weighted by Gasteiger charge is -2.24. The molecule has 1 aromatic rings. The standard InChI is InChI=1S/C15H25N/c1-10(2)13-9-12(15(4,5)6)8-11(3)14(13)16-7/h8-10,16H,1-7H3. The van der Waals surface area contributed by atoms with Crippen LogP contribution in [-0.4, -0.2) is 7.05 Å². The predicted molar refractivity (Wildman–Crippen MR) is 73.5 cm³/mol. The minimum Gasteiger partial charge on any atom is -0.388 e. The summed E-state index contributed by atoms with van der Waals surface area (Å²) in [5.74, 6) is 0.559. The first-order valence-corrected chi connectivity index (χ1v) is 6.10. The Balaban J connectivity index is 3.40. The number of hydrogen-bond acceptors (Lipinski definition) is 1. The van der Waals surface area contributed by atoms with Gasteiger partial charge in [0.2, 0.25) is 0 Å². The molecule has 1 rings (SSSR count). The van der Waals surface area contributed by atoms with Gasteiger partial charge in [-0.1, -0.05) is 46.8 Å². The molecule has 1 heteroatoms. The molecule has 16 heavy (non-hydrogen) atoms. The van der Waals surface area contributed by atoms with Crippen molar-refractivity contribution in [3.8, 4) is 0 Å². The lowest BCUT2D eigenvalue weighted by atomic mass is 9.83. The van der Waals surface area contributed by atoms with Crippen LogP contribution < -0.4 is 5.32 Å². The molecule has 0 aromatic heterocycles. The van der Waals surface area contributed by atoms with E-state index in [9.17, 15) is 0 Å². The van der Waals surface area contributed by atoms with Gasteiger partial charge < -0.3 is 5.32 Å². The first-order valence-electron chi connectivity index (χ1n) is 6.10. The molecule has 0 saturated heterocycles. The number of nitrogens with one attached hydrogen (secondary N) is 1. The van der Waals surface area contributed by atoms with Gasteiger partial charge in [-0.2, -0.15) is 0 Å². The van der Waals surface area contributed by atoms with E-state index in [1.807, 2.05) is 7.05 Å². The zero-order valence-corrected chi connectivity index (χ0v) is 11.7. The Morgan fingerprint density at radius 3 is 2.06 bits per heavy atom. The van der Waals surface area contributed by atoms with Crippen LogP contribution in [-0.2, 0) is 5.41 Å². The van der Waals surface area contributed by atoms with Gasteiger partial charge in [-0.25, -0.2) is 0 Å². The summed E-state index contributed by atoms with van der Waals surface area (Å²) in [6.07, 6.45) is 0. The minimum absolute atomic E-state index is 0.223. The minimum atomic E-state index is 0.223. The average molecular weight is 219 g/mol. The quantitative estimate of drug-likeness (QED) is 0.774. The van der Waals surface area contributed by atoms with Gasteiger partial charge in [0, 0.05) is 12.7 Å². The summed E-state index contributed by atoms with van der Waals surface area (Å²) in [4.78, 5) is 0. The number of benzene rings is 1. The van der Waals surface area contributed by atoms with Gasteiger partial charge in [0.05, 0.1) is 0 Å². The third-order valence-corrected chi connectivity index (χ3v) is 3.10. The van der Waals surface area contributed by atoms with Crippen molar-refractivity contribution in [2.45, 2.75) is 52.9 Å². The second-order valence-electron chi connectivity index (χ2n) is 5.91. The highest BCUT2D eigenvalue weighted by Crippen LogP contribution is 2.33. The Labute approximate surface area is 100 Å². The Kier molecular flexibility index (Phi) is 3.67. The highest BCUT2D eigenvalue weighted by molar-refractivity contribution is 5.60. The molecular weight excluding hydrogens is 194 g/mol. The molecule has 1 aromatic carbocycles. The molecule has 0 amide bonds. The Morgan fingerprint density at radius 2 is 1.69 bits per heavy atom. The molecular formula is C15H25N. The lowest BCUT2D eigenvalue weighted by molar-refractivity contribution is 0.588. The maximum Gasteiger partial charge on any atom is 0.0402 e. The highest BCUT2D eigenvalue weighted by Gasteiger charge is 2.18. The van der Waals surface area contributed by atoms with E-state index in [4.69, 9.17) is 0 Å². The van der Waals surface area contributed by atoms with Crippen LogP contribution in [0.4, 0.5) is 5.69 Å². The Morgan fingerprint density at radius 1 is 1.12 bits per heavy atom. The fraction of sp³-hybridized carbons (Fsp3) is 0.600. The van der Waals surface area contributed by atoms with E-state index < -0.39 is 0 Å². The normalized spacial score (nSPS) is 12.0. The molecule has 0 unspecified atom stereocenters. The summed E-state index contributed by atoms with van der Waals surface area (Å²) in [5, 5.41) is 3.32. The molecule has 0 atom stereocenters. The van der Waals surface area contributed by atoms with Crippen LogP contribution in [0.3, 0.4) is 0 Å². The molecule has 0 fully saturated rings. The van der Waals surface area contributed by atoms with E-state index in [-0.39, 0.29) is 5.41 Å². The van der Waals surface area contributed by atoms with Crippen molar-refractivity contribution in [1.29, 1.82) is 0 Å². The van der Waals surface area contributed by atoms with Gasteiger partial charge in [0.25, 0.3) is 0 Å². The summed E-state index contributed by atoms with van der Waals surface area (Å²) in [6.45, 7) is 13.5. The smallest absolute Gasteiger partial charge is 0.0402 e. The summed E-state index contributed by atoms with van der Waals surface area (Å²) in [6, 6.07) is 4.65. The molecule has 1 N–H and O–H groups in total. The van der Waals surface area contributed by atoms with Gasteiger partial charge in [0.15, 0.2) is 0 Å². The average Bonchev–Trinajstić information content (AvgIpc) is 2.14. The number of hydrogen-bond donors (Lipinski definition) is 1. The molecule has 90 valence electrons. The second-order valence-corrected chi connectivity index (χ2v) is 5.91. The molecule has 0 aliphatic heterocycles.